The maximum atomic E-state index is 15.1. The smallest absolute Gasteiger partial charge is 0.236 e. The zero-order chi connectivity index (χ0) is 19.7. The molecule has 1 amide bonds. The fourth-order valence-electron chi connectivity index (χ4n) is 4.66. The summed E-state index contributed by atoms with van der Waals surface area (Å²) in [5.41, 5.74) is -0.325. The molecule has 1 spiro atoms. The number of hydrogen-bond acceptors (Lipinski definition) is 3. The molecule has 1 aliphatic heterocycles. The van der Waals surface area contributed by atoms with Gasteiger partial charge in [0.1, 0.15) is 17.7 Å². The van der Waals surface area contributed by atoms with Crippen molar-refractivity contribution < 1.29 is 18.4 Å². The number of anilines is 1. The normalized spacial score (nSPS) is 27.4. The van der Waals surface area contributed by atoms with Crippen molar-refractivity contribution in [2.24, 2.45) is 11.3 Å². The molecule has 1 aromatic carbocycles. The van der Waals surface area contributed by atoms with Crippen LogP contribution in [0.3, 0.4) is 0 Å². The fourth-order valence-corrected chi connectivity index (χ4v) is 4.66. The van der Waals surface area contributed by atoms with Crippen molar-refractivity contribution in [3.05, 3.63) is 60.2 Å². The molecule has 3 atom stereocenters. The number of carbonyl (C=O) groups is 2. The number of amides is 1. The van der Waals surface area contributed by atoms with Crippen LogP contribution in [0.15, 0.2) is 48.7 Å². The predicted molar refractivity (Wildman–Crippen MR) is 101 cm³/mol. The molecule has 1 aliphatic carbocycles. The van der Waals surface area contributed by atoms with Crippen molar-refractivity contribution in [1.82, 2.24) is 4.98 Å². The van der Waals surface area contributed by atoms with Crippen LogP contribution in [0.2, 0.25) is 0 Å². The highest BCUT2D eigenvalue weighted by molar-refractivity contribution is 6.01. The van der Waals surface area contributed by atoms with E-state index in [2.05, 4.69) is 4.98 Å². The van der Waals surface area contributed by atoms with Crippen LogP contribution in [0, 0.1) is 17.2 Å². The zero-order valence-corrected chi connectivity index (χ0v) is 15.5. The highest BCUT2D eigenvalue weighted by atomic mass is 19.1. The third-order valence-electron chi connectivity index (χ3n) is 6.05. The van der Waals surface area contributed by atoms with E-state index >= 15 is 4.39 Å². The van der Waals surface area contributed by atoms with Crippen molar-refractivity contribution in [3.8, 4) is 0 Å². The highest BCUT2D eigenvalue weighted by Gasteiger charge is 2.56. The van der Waals surface area contributed by atoms with Crippen LogP contribution < -0.4 is 4.90 Å². The third kappa shape index (κ3) is 3.32. The molecule has 6 heteroatoms. The summed E-state index contributed by atoms with van der Waals surface area (Å²) in [4.78, 5) is 31.1. The number of carbonyl (C=O) groups excluding carboxylic acids is 2. The lowest BCUT2D eigenvalue weighted by atomic mass is 9.66. The summed E-state index contributed by atoms with van der Waals surface area (Å²) in [6.45, 7) is -0.0663. The van der Waals surface area contributed by atoms with Crippen LogP contribution in [0.4, 0.5) is 14.5 Å². The quantitative estimate of drug-likeness (QED) is 0.736. The van der Waals surface area contributed by atoms with Gasteiger partial charge in [-0.25, -0.2) is 8.78 Å². The molecule has 1 aromatic heterocycles. The second-order valence-electron chi connectivity index (χ2n) is 7.82. The number of aromatic nitrogens is 1. The Kier molecular flexibility index (Phi) is 4.96. The van der Waals surface area contributed by atoms with E-state index in [4.69, 9.17) is 0 Å². The van der Waals surface area contributed by atoms with Gasteiger partial charge in [0.05, 0.1) is 12.0 Å². The number of ketones is 1. The second-order valence-corrected chi connectivity index (χ2v) is 7.82. The summed E-state index contributed by atoms with van der Waals surface area (Å²) in [5, 5.41) is 0. The largest absolute Gasteiger partial charge is 0.309 e. The first-order valence-corrected chi connectivity index (χ1v) is 9.65. The first kappa shape index (κ1) is 18.7. The minimum absolute atomic E-state index is 0.0575. The van der Waals surface area contributed by atoms with Gasteiger partial charge in [0.15, 0.2) is 5.78 Å². The van der Waals surface area contributed by atoms with Crippen LogP contribution in [0.5, 0.6) is 0 Å². The minimum Gasteiger partial charge on any atom is -0.309 e. The van der Waals surface area contributed by atoms with Gasteiger partial charge in [-0.2, -0.15) is 0 Å². The molecule has 0 N–H and O–H groups in total. The van der Waals surface area contributed by atoms with E-state index in [9.17, 15) is 14.0 Å². The van der Waals surface area contributed by atoms with E-state index in [0.29, 0.717) is 30.6 Å². The number of nitrogens with zero attached hydrogens (tertiary/aromatic N) is 2. The summed E-state index contributed by atoms with van der Waals surface area (Å²) < 4.78 is 28.7. The maximum Gasteiger partial charge on any atom is 0.236 e. The molecule has 146 valence electrons. The molecule has 0 bridgehead atoms. The summed E-state index contributed by atoms with van der Waals surface area (Å²) >= 11 is 0. The molecular formula is C22H22F2N2O2. The Morgan fingerprint density at radius 3 is 2.86 bits per heavy atom. The number of hydrogen-bond donors (Lipinski definition) is 0. The van der Waals surface area contributed by atoms with Crippen LogP contribution in [0.25, 0.3) is 0 Å². The molecule has 1 saturated carbocycles. The highest BCUT2D eigenvalue weighted by Crippen LogP contribution is 2.50. The van der Waals surface area contributed by atoms with E-state index in [0.717, 1.165) is 6.42 Å². The third-order valence-corrected chi connectivity index (χ3v) is 6.05. The van der Waals surface area contributed by atoms with Gasteiger partial charge in [0, 0.05) is 18.3 Å². The van der Waals surface area contributed by atoms with E-state index in [1.54, 1.807) is 30.5 Å². The van der Waals surface area contributed by atoms with E-state index in [-0.39, 0.29) is 30.6 Å². The summed E-state index contributed by atoms with van der Waals surface area (Å²) in [5.74, 6) is -0.881. The van der Waals surface area contributed by atoms with Gasteiger partial charge in [-0.15, -0.1) is 0 Å². The van der Waals surface area contributed by atoms with E-state index < -0.39 is 17.4 Å². The van der Waals surface area contributed by atoms with Crippen molar-refractivity contribution in [2.75, 3.05) is 11.4 Å². The number of pyridine rings is 1. The Bertz CT molecular complexity index is 889. The summed E-state index contributed by atoms with van der Waals surface area (Å²) in [6.07, 6.45) is 2.81. The minimum atomic E-state index is -1.32. The van der Waals surface area contributed by atoms with Crippen LogP contribution in [0.1, 0.15) is 42.6 Å². The lowest BCUT2D eigenvalue weighted by molar-refractivity contribution is -0.130. The number of benzene rings is 1. The monoisotopic (exact) mass is 384 g/mol. The first-order valence-electron chi connectivity index (χ1n) is 9.65. The second kappa shape index (κ2) is 7.41. The molecule has 2 fully saturated rings. The van der Waals surface area contributed by atoms with Gasteiger partial charge >= 0.3 is 0 Å². The number of rotatable bonds is 4. The van der Waals surface area contributed by atoms with Crippen LogP contribution in [-0.2, 0) is 4.79 Å². The van der Waals surface area contributed by atoms with Gasteiger partial charge in [-0.3, -0.25) is 14.6 Å². The average Bonchev–Trinajstić information content (AvgIpc) is 2.93. The van der Waals surface area contributed by atoms with Crippen molar-refractivity contribution in [1.29, 1.82) is 0 Å². The summed E-state index contributed by atoms with van der Waals surface area (Å²) in [6, 6.07) is 10.9. The molecule has 0 radical (unpaired) electrons. The zero-order valence-electron chi connectivity index (χ0n) is 15.5. The number of halogens is 2. The molecular weight excluding hydrogens is 362 g/mol. The predicted octanol–water partition coefficient (Wildman–Crippen LogP) is 4.36. The molecule has 3 unspecified atom stereocenters. The standard InChI is InChI=1S/C22H22F2N2O2/c23-16-6-3-7-17(12-16)26-14-20(24)22(21(26)28)9-4-5-15(13-22)11-19(27)18-8-1-2-10-25-18/h1-3,6-8,10,12,15,20H,4-5,9,11,13-14H2. The van der Waals surface area contributed by atoms with Crippen LogP contribution >= 0.6 is 0 Å². The number of Topliss-reactive ketones (excluding diaryl/α,β-unsaturated/α-hetero) is 1. The SMILES string of the molecule is O=C(CC1CCCC2(C1)C(=O)N(c1cccc(F)c1)CC2F)c1ccccn1. The summed E-state index contributed by atoms with van der Waals surface area (Å²) in [7, 11) is 0. The first-order chi connectivity index (χ1) is 13.5. The van der Waals surface area contributed by atoms with Crippen molar-refractivity contribution >= 4 is 17.4 Å². The van der Waals surface area contributed by atoms with Crippen molar-refractivity contribution in [2.45, 2.75) is 38.3 Å². The molecule has 2 aliphatic rings. The fraction of sp³-hybridized carbons (Fsp3) is 0.409. The van der Waals surface area contributed by atoms with Gasteiger partial charge in [0.2, 0.25) is 5.91 Å². The van der Waals surface area contributed by atoms with Gasteiger partial charge in [-0.05, 0) is 55.5 Å². The lowest BCUT2D eigenvalue weighted by Gasteiger charge is -2.37. The lowest BCUT2D eigenvalue weighted by Crippen LogP contribution is -2.42. The van der Waals surface area contributed by atoms with E-state index in [1.165, 1.54) is 23.1 Å². The molecule has 28 heavy (non-hydrogen) atoms. The van der Waals surface area contributed by atoms with Gasteiger partial charge in [-0.1, -0.05) is 18.6 Å². The molecule has 2 aromatic rings. The molecule has 4 nitrogen and oxygen atoms in total. The topological polar surface area (TPSA) is 50.3 Å². The Morgan fingerprint density at radius 2 is 2.11 bits per heavy atom. The Balaban J connectivity index is 1.52. The Hall–Kier alpha value is -2.63. The maximum absolute atomic E-state index is 15.1. The molecule has 2 heterocycles. The van der Waals surface area contributed by atoms with E-state index in [1.807, 2.05) is 0 Å². The number of alkyl halides is 1. The Morgan fingerprint density at radius 1 is 1.25 bits per heavy atom. The van der Waals surface area contributed by atoms with Gasteiger partial charge in [0.25, 0.3) is 0 Å². The molecule has 4 rings (SSSR count). The Labute approximate surface area is 162 Å². The van der Waals surface area contributed by atoms with Crippen LogP contribution in [-0.4, -0.2) is 29.4 Å². The van der Waals surface area contributed by atoms with Gasteiger partial charge < -0.3 is 4.90 Å². The average molecular weight is 384 g/mol. The molecule has 1 saturated heterocycles. The van der Waals surface area contributed by atoms with Crippen molar-refractivity contribution in [3.63, 3.8) is 0 Å².